The molecule has 0 amide bonds. The Hall–Kier alpha value is -1.49. The Morgan fingerprint density at radius 3 is 2.60 bits per heavy atom. The first-order valence-electron chi connectivity index (χ1n) is 3.38. The summed E-state index contributed by atoms with van der Waals surface area (Å²) >= 11 is 2.68. The van der Waals surface area contributed by atoms with Crippen molar-refractivity contribution in [2.75, 3.05) is 0 Å². The number of pyridine rings is 1. The Morgan fingerprint density at radius 2 is 2.13 bits per heavy atom. The molecule has 15 heavy (non-hydrogen) atoms. The van der Waals surface area contributed by atoms with E-state index in [0.29, 0.717) is 0 Å². The second-order valence-corrected chi connectivity index (χ2v) is 3.05. The lowest BCUT2D eigenvalue weighted by Gasteiger charge is -2.11. The molecule has 1 rings (SSSR count). The third kappa shape index (κ3) is 2.73. The van der Waals surface area contributed by atoms with Crippen molar-refractivity contribution in [3.63, 3.8) is 0 Å². The maximum absolute atomic E-state index is 11.9. The molecule has 0 aliphatic carbocycles. The van der Waals surface area contributed by atoms with E-state index in [1.54, 1.807) is 0 Å². The topological polar surface area (TPSA) is 66.1 Å². The lowest BCUT2D eigenvalue weighted by Crippen LogP contribution is -2.18. The number of ether oxygens (including phenoxy) is 1. The molecule has 1 aromatic rings. The monoisotopic (exact) mass is 282 g/mol. The van der Waals surface area contributed by atoms with Gasteiger partial charge < -0.3 is 9.84 Å². The van der Waals surface area contributed by atoms with Crippen LogP contribution in [0.5, 0.6) is 11.5 Å². The maximum Gasteiger partial charge on any atom is 0.573 e. The van der Waals surface area contributed by atoms with E-state index < -0.39 is 23.4 Å². The van der Waals surface area contributed by atoms with Crippen LogP contribution in [-0.2, 0) is 0 Å². The third-order valence-corrected chi connectivity index (χ3v) is 1.87. The third-order valence-electron chi connectivity index (χ3n) is 1.30. The highest BCUT2D eigenvalue weighted by atomic mass is 79.9. The quantitative estimate of drug-likeness (QED) is 0.803. The van der Waals surface area contributed by atoms with Crippen LogP contribution >= 0.6 is 15.9 Å². The highest BCUT2D eigenvalue weighted by Crippen LogP contribution is 2.35. The van der Waals surface area contributed by atoms with Crippen molar-refractivity contribution in [2.45, 2.75) is 6.36 Å². The zero-order valence-corrected chi connectivity index (χ0v) is 8.43. The molecule has 0 spiro atoms. The molecular formula is C7H2BrF3N2O2. The van der Waals surface area contributed by atoms with Crippen LogP contribution in [-0.4, -0.2) is 16.5 Å². The van der Waals surface area contributed by atoms with Crippen molar-refractivity contribution in [2.24, 2.45) is 0 Å². The molecule has 0 atom stereocenters. The van der Waals surface area contributed by atoms with E-state index in [1.807, 2.05) is 0 Å². The molecule has 0 unspecified atom stereocenters. The fourth-order valence-corrected chi connectivity index (χ4v) is 1.16. The van der Waals surface area contributed by atoms with Gasteiger partial charge in [-0.05, 0) is 15.9 Å². The number of nitrogens with zero attached hydrogens (tertiary/aromatic N) is 2. The van der Waals surface area contributed by atoms with E-state index in [1.165, 1.54) is 6.07 Å². The summed E-state index contributed by atoms with van der Waals surface area (Å²) in [5.74, 6) is -1.54. The molecule has 0 aromatic carbocycles. The summed E-state index contributed by atoms with van der Waals surface area (Å²) in [6.45, 7) is 0. The molecule has 80 valence electrons. The van der Waals surface area contributed by atoms with E-state index in [4.69, 9.17) is 10.4 Å². The lowest BCUT2D eigenvalue weighted by atomic mass is 10.2. The van der Waals surface area contributed by atoms with Crippen molar-refractivity contribution in [3.8, 4) is 17.6 Å². The molecule has 8 heteroatoms. The van der Waals surface area contributed by atoms with Gasteiger partial charge in [0.25, 0.3) is 0 Å². The molecule has 0 aliphatic rings. The van der Waals surface area contributed by atoms with Crippen LogP contribution in [0.2, 0.25) is 0 Å². The fraction of sp³-hybridized carbons (Fsp3) is 0.143. The Bertz CT molecular complexity index is 427. The summed E-state index contributed by atoms with van der Waals surface area (Å²) in [4.78, 5) is 3.36. The molecule has 0 fully saturated rings. The van der Waals surface area contributed by atoms with Crippen LogP contribution in [0, 0.1) is 11.3 Å². The minimum atomic E-state index is -4.95. The zero-order valence-electron chi connectivity index (χ0n) is 6.84. The molecule has 0 radical (unpaired) electrons. The van der Waals surface area contributed by atoms with Gasteiger partial charge in [0.2, 0.25) is 0 Å². The van der Waals surface area contributed by atoms with Gasteiger partial charge in [0.1, 0.15) is 16.2 Å². The fourth-order valence-electron chi connectivity index (χ4n) is 0.777. The van der Waals surface area contributed by atoms with E-state index in [9.17, 15) is 13.2 Å². The smallest absolute Gasteiger partial charge is 0.505 e. The molecular weight excluding hydrogens is 281 g/mol. The minimum Gasteiger partial charge on any atom is -0.505 e. The summed E-state index contributed by atoms with van der Waals surface area (Å²) in [5.41, 5.74) is -0.630. The molecule has 0 aliphatic heterocycles. The molecule has 0 saturated carbocycles. The number of hydrogen-bond acceptors (Lipinski definition) is 4. The number of nitriles is 1. The summed E-state index contributed by atoms with van der Waals surface area (Å²) < 4.78 is 39.0. The van der Waals surface area contributed by atoms with Crippen LogP contribution in [0.1, 0.15) is 5.56 Å². The van der Waals surface area contributed by atoms with Crippen molar-refractivity contribution >= 4 is 15.9 Å². The number of aromatic hydroxyl groups is 1. The average Bonchev–Trinajstić information content (AvgIpc) is 2.10. The molecule has 0 saturated heterocycles. The van der Waals surface area contributed by atoms with Crippen LogP contribution in [0.4, 0.5) is 13.2 Å². The van der Waals surface area contributed by atoms with Crippen LogP contribution in [0.25, 0.3) is 0 Å². The van der Waals surface area contributed by atoms with Gasteiger partial charge in [-0.15, -0.1) is 13.2 Å². The Balaban J connectivity index is 3.28. The second kappa shape index (κ2) is 3.94. The SMILES string of the molecule is N#Cc1c(O)cnc(Br)c1OC(F)(F)F. The largest absolute Gasteiger partial charge is 0.573 e. The normalized spacial score (nSPS) is 10.9. The lowest BCUT2D eigenvalue weighted by molar-refractivity contribution is -0.275. The second-order valence-electron chi connectivity index (χ2n) is 2.30. The predicted octanol–water partition coefficient (Wildman–Crippen LogP) is 2.32. The standard InChI is InChI=1S/C7H2BrF3N2O2/c8-6-5(15-7(9,10)11)3(1-12)4(14)2-13-6/h2,14H. The molecule has 1 aromatic heterocycles. The number of halogens is 4. The van der Waals surface area contributed by atoms with Gasteiger partial charge in [-0.2, -0.15) is 5.26 Å². The van der Waals surface area contributed by atoms with Gasteiger partial charge in [0, 0.05) is 0 Å². The Kier molecular flexibility index (Phi) is 3.04. The number of rotatable bonds is 1. The van der Waals surface area contributed by atoms with Gasteiger partial charge in [-0.25, -0.2) is 4.98 Å². The summed E-state index contributed by atoms with van der Waals surface area (Å²) in [7, 11) is 0. The van der Waals surface area contributed by atoms with E-state index >= 15 is 0 Å². The van der Waals surface area contributed by atoms with Gasteiger partial charge in [-0.1, -0.05) is 0 Å². The first kappa shape index (κ1) is 11.6. The highest BCUT2D eigenvalue weighted by molar-refractivity contribution is 9.10. The van der Waals surface area contributed by atoms with E-state index in [2.05, 4.69) is 25.7 Å². The van der Waals surface area contributed by atoms with Crippen molar-refractivity contribution in [3.05, 3.63) is 16.4 Å². The maximum atomic E-state index is 11.9. The van der Waals surface area contributed by atoms with Crippen LogP contribution in [0.15, 0.2) is 10.8 Å². The molecule has 4 nitrogen and oxygen atoms in total. The summed E-state index contributed by atoms with van der Waals surface area (Å²) in [6, 6.07) is 1.38. The van der Waals surface area contributed by atoms with Crippen LogP contribution < -0.4 is 4.74 Å². The highest BCUT2D eigenvalue weighted by Gasteiger charge is 2.34. The first-order valence-corrected chi connectivity index (χ1v) is 4.17. The van der Waals surface area contributed by atoms with E-state index in [-0.39, 0.29) is 4.60 Å². The van der Waals surface area contributed by atoms with Crippen molar-refractivity contribution in [1.29, 1.82) is 5.26 Å². The van der Waals surface area contributed by atoms with Crippen LogP contribution in [0.3, 0.4) is 0 Å². The number of hydrogen-bond donors (Lipinski definition) is 1. The average molecular weight is 283 g/mol. The van der Waals surface area contributed by atoms with Gasteiger partial charge in [0.05, 0.1) is 6.20 Å². The summed E-state index contributed by atoms with van der Waals surface area (Å²) in [5, 5.41) is 17.6. The zero-order chi connectivity index (χ0) is 11.6. The number of alkyl halides is 3. The predicted molar refractivity (Wildman–Crippen MR) is 45.0 cm³/mol. The Morgan fingerprint density at radius 1 is 1.53 bits per heavy atom. The molecule has 1 heterocycles. The van der Waals surface area contributed by atoms with Gasteiger partial charge in [-0.3, -0.25) is 0 Å². The van der Waals surface area contributed by atoms with Crippen molar-refractivity contribution < 1.29 is 23.0 Å². The van der Waals surface area contributed by atoms with Gasteiger partial charge >= 0.3 is 6.36 Å². The molecule has 1 N–H and O–H groups in total. The minimum absolute atomic E-state index is 0.311. The van der Waals surface area contributed by atoms with Crippen molar-refractivity contribution in [1.82, 2.24) is 4.98 Å². The number of aromatic nitrogens is 1. The van der Waals surface area contributed by atoms with Gasteiger partial charge in [0.15, 0.2) is 11.5 Å². The van der Waals surface area contributed by atoms with E-state index in [0.717, 1.165) is 6.20 Å². The Labute approximate surface area is 90.0 Å². The molecule has 0 bridgehead atoms. The summed E-state index contributed by atoms with van der Waals surface area (Å²) in [6.07, 6.45) is -4.12. The first-order chi connectivity index (χ1) is 6.85.